The summed E-state index contributed by atoms with van der Waals surface area (Å²) in [6.07, 6.45) is 9.40. The van der Waals surface area contributed by atoms with Crippen molar-refractivity contribution in [1.82, 2.24) is 5.32 Å². The Bertz CT molecular complexity index is 380. The fraction of sp³-hybridized carbons (Fsp3) is 0.643. The number of carbonyl (C=O) groups is 1. The lowest BCUT2D eigenvalue weighted by molar-refractivity contribution is 0.0696. The van der Waals surface area contributed by atoms with Crippen LogP contribution in [-0.2, 0) is 6.54 Å². The van der Waals surface area contributed by atoms with Crippen molar-refractivity contribution in [3.8, 4) is 0 Å². The van der Waals surface area contributed by atoms with Gasteiger partial charge in [0, 0.05) is 0 Å². The molecule has 0 aromatic carbocycles. The molecule has 4 nitrogen and oxygen atoms in total. The molecule has 1 saturated carbocycles. The topological polar surface area (TPSA) is 62.5 Å². The van der Waals surface area contributed by atoms with Gasteiger partial charge in [-0.15, -0.1) is 0 Å². The molecule has 0 unspecified atom stereocenters. The second kappa shape index (κ2) is 6.59. The first-order valence-corrected chi connectivity index (χ1v) is 6.77. The SMILES string of the molecule is O=C(O)c1coc(CNCCC2CCCCC2)c1. The lowest BCUT2D eigenvalue weighted by Gasteiger charge is -2.21. The molecule has 0 saturated heterocycles. The van der Waals surface area contributed by atoms with Gasteiger partial charge in [-0.25, -0.2) is 4.79 Å². The summed E-state index contributed by atoms with van der Waals surface area (Å²) in [5.74, 6) is 0.626. The molecule has 1 aliphatic carbocycles. The second-order valence-electron chi connectivity index (χ2n) is 5.08. The molecule has 0 amide bonds. The zero-order valence-corrected chi connectivity index (χ0v) is 10.7. The summed E-state index contributed by atoms with van der Waals surface area (Å²) in [6, 6.07) is 1.58. The molecule has 1 aromatic rings. The zero-order chi connectivity index (χ0) is 12.8. The van der Waals surface area contributed by atoms with Crippen LogP contribution in [0.5, 0.6) is 0 Å². The maximum atomic E-state index is 10.7. The molecule has 18 heavy (non-hydrogen) atoms. The summed E-state index contributed by atoms with van der Waals surface area (Å²) >= 11 is 0. The number of aromatic carboxylic acids is 1. The van der Waals surface area contributed by atoms with Gasteiger partial charge in [-0.05, 0) is 24.9 Å². The minimum Gasteiger partial charge on any atom is -0.478 e. The van der Waals surface area contributed by atoms with Crippen molar-refractivity contribution < 1.29 is 14.3 Å². The van der Waals surface area contributed by atoms with Gasteiger partial charge >= 0.3 is 5.97 Å². The summed E-state index contributed by atoms with van der Waals surface area (Å²) in [7, 11) is 0. The van der Waals surface area contributed by atoms with Crippen LogP contribution in [0.25, 0.3) is 0 Å². The van der Waals surface area contributed by atoms with Crippen LogP contribution in [0, 0.1) is 5.92 Å². The van der Waals surface area contributed by atoms with Crippen molar-refractivity contribution in [3.05, 3.63) is 23.7 Å². The first-order chi connectivity index (χ1) is 8.75. The van der Waals surface area contributed by atoms with Crippen LogP contribution in [0.4, 0.5) is 0 Å². The Morgan fingerprint density at radius 1 is 1.39 bits per heavy atom. The van der Waals surface area contributed by atoms with Gasteiger partial charge in [-0.2, -0.15) is 0 Å². The highest BCUT2D eigenvalue weighted by Gasteiger charge is 2.13. The first kappa shape index (κ1) is 13.1. The van der Waals surface area contributed by atoms with E-state index >= 15 is 0 Å². The van der Waals surface area contributed by atoms with Crippen molar-refractivity contribution in [2.45, 2.75) is 45.1 Å². The van der Waals surface area contributed by atoms with E-state index < -0.39 is 5.97 Å². The average Bonchev–Trinajstić information content (AvgIpc) is 2.85. The van der Waals surface area contributed by atoms with Crippen LogP contribution < -0.4 is 5.32 Å². The maximum Gasteiger partial charge on any atom is 0.338 e. The molecule has 0 radical (unpaired) electrons. The molecular formula is C14H21NO3. The third-order valence-corrected chi connectivity index (χ3v) is 3.65. The Hall–Kier alpha value is -1.29. The van der Waals surface area contributed by atoms with E-state index in [0.717, 1.165) is 12.5 Å². The molecule has 0 atom stereocenters. The third kappa shape index (κ3) is 3.88. The molecular weight excluding hydrogens is 230 g/mol. The highest BCUT2D eigenvalue weighted by atomic mass is 16.4. The van der Waals surface area contributed by atoms with Crippen LogP contribution in [-0.4, -0.2) is 17.6 Å². The summed E-state index contributed by atoms with van der Waals surface area (Å²) in [4.78, 5) is 10.7. The van der Waals surface area contributed by atoms with Crippen molar-refractivity contribution in [2.75, 3.05) is 6.54 Å². The quantitative estimate of drug-likeness (QED) is 0.763. The number of carboxylic acid groups (broad SMARTS) is 1. The van der Waals surface area contributed by atoms with Gasteiger partial charge < -0.3 is 14.8 Å². The van der Waals surface area contributed by atoms with E-state index in [1.54, 1.807) is 6.07 Å². The van der Waals surface area contributed by atoms with E-state index in [0.29, 0.717) is 12.3 Å². The van der Waals surface area contributed by atoms with E-state index in [4.69, 9.17) is 9.52 Å². The third-order valence-electron chi connectivity index (χ3n) is 3.65. The Morgan fingerprint density at radius 2 is 2.17 bits per heavy atom. The van der Waals surface area contributed by atoms with Gasteiger partial charge in [-0.3, -0.25) is 0 Å². The first-order valence-electron chi connectivity index (χ1n) is 6.77. The van der Waals surface area contributed by atoms with Gasteiger partial charge in [0.25, 0.3) is 0 Å². The average molecular weight is 251 g/mol. The van der Waals surface area contributed by atoms with Gasteiger partial charge in [0.15, 0.2) is 0 Å². The number of carboxylic acids is 1. The molecule has 100 valence electrons. The smallest absolute Gasteiger partial charge is 0.338 e. The monoisotopic (exact) mass is 251 g/mol. The van der Waals surface area contributed by atoms with Gasteiger partial charge in [0.05, 0.1) is 12.1 Å². The van der Waals surface area contributed by atoms with Crippen LogP contribution in [0.1, 0.15) is 54.6 Å². The standard InChI is InChI=1S/C14H21NO3/c16-14(17)12-8-13(18-10-12)9-15-7-6-11-4-2-1-3-5-11/h8,10-11,15H,1-7,9H2,(H,16,17). The van der Waals surface area contributed by atoms with Crippen LogP contribution in [0.2, 0.25) is 0 Å². The van der Waals surface area contributed by atoms with Gasteiger partial charge in [0.2, 0.25) is 0 Å². The molecule has 0 aliphatic heterocycles. The van der Waals surface area contributed by atoms with Crippen LogP contribution >= 0.6 is 0 Å². The van der Waals surface area contributed by atoms with E-state index in [9.17, 15) is 4.79 Å². The molecule has 0 bridgehead atoms. The Labute approximate surface area is 107 Å². The predicted octanol–water partition coefficient (Wildman–Crippen LogP) is 3.04. The second-order valence-corrected chi connectivity index (χ2v) is 5.08. The summed E-state index contributed by atoms with van der Waals surface area (Å²) < 4.78 is 5.17. The maximum absolute atomic E-state index is 10.7. The summed E-state index contributed by atoms with van der Waals surface area (Å²) in [5, 5.41) is 12.1. The van der Waals surface area contributed by atoms with Crippen molar-refractivity contribution in [3.63, 3.8) is 0 Å². The molecule has 0 spiro atoms. The minimum absolute atomic E-state index is 0.221. The van der Waals surface area contributed by atoms with Gasteiger partial charge in [-0.1, -0.05) is 32.1 Å². The highest BCUT2D eigenvalue weighted by molar-refractivity contribution is 5.87. The highest BCUT2D eigenvalue weighted by Crippen LogP contribution is 2.25. The van der Waals surface area contributed by atoms with E-state index in [1.165, 1.54) is 44.8 Å². The summed E-state index contributed by atoms with van der Waals surface area (Å²) in [5.41, 5.74) is 0.221. The molecule has 1 aliphatic rings. The van der Waals surface area contributed by atoms with E-state index in [2.05, 4.69) is 5.32 Å². The zero-order valence-electron chi connectivity index (χ0n) is 10.7. The van der Waals surface area contributed by atoms with Gasteiger partial charge in [0.1, 0.15) is 12.0 Å². The number of nitrogens with one attached hydrogen (secondary N) is 1. The minimum atomic E-state index is -0.938. The number of hydrogen-bond donors (Lipinski definition) is 2. The van der Waals surface area contributed by atoms with Crippen molar-refractivity contribution in [2.24, 2.45) is 5.92 Å². The number of hydrogen-bond acceptors (Lipinski definition) is 3. The normalized spacial score (nSPS) is 16.9. The molecule has 2 rings (SSSR count). The largest absolute Gasteiger partial charge is 0.478 e. The van der Waals surface area contributed by atoms with Crippen LogP contribution in [0.3, 0.4) is 0 Å². The predicted molar refractivity (Wildman–Crippen MR) is 68.6 cm³/mol. The fourth-order valence-corrected chi connectivity index (χ4v) is 2.58. The van der Waals surface area contributed by atoms with Crippen LogP contribution in [0.15, 0.2) is 16.7 Å². The van der Waals surface area contributed by atoms with Crippen molar-refractivity contribution >= 4 is 5.97 Å². The van der Waals surface area contributed by atoms with E-state index in [-0.39, 0.29) is 5.56 Å². The summed E-state index contributed by atoms with van der Waals surface area (Å²) in [6.45, 7) is 1.59. The molecule has 1 aromatic heterocycles. The molecule has 1 fully saturated rings. The van der Waals surface area contributed by atoms with Crippen molar-refractivity contribution in [1.29, 1.82) is 0 Å². The lowest BCUT2D eigenvalue weighted by atomic mass is 9.87. The number of furan rings is 1. The lowest BCUT2D eigenvalue weighted by Crippen LogP contribution is -2.18. The molecule has 4 heteroatoms. The Kier molecular flexibility index (Phi) is 4.81. The molecule has 1 heterocycles. The fourth-order valence-electron chi connectivity index (χ4n) is 2.58. The Balaban J connectivity index is 1.63. The Morgan fingerprint density at radius 3 is 2.83 bits per heavy atom. The molecule has 2 N–H and O–H groups in total. The van der Waals surface area contributed by atoms with E-state index in [1.807, 2.05) is 0 Å². The number of rotatable bonds is 6.